The molecule has 0 N–H and O–H groups in total. The molecule has 7 aromatic carbocycles. The SMILES string of the molecule is CCc1nc2c3c(-c4ccc(-c5cccc(-c6cc(-c7ccc(-c8ccccc8)cc7)nc(-c7ccccc7)n6)n5)cc4)nc4ccccc4c3ccc2n1-c1ccccc1. The molecular weight excluding hydrogens is 745 g/mol. The molecule has 6 nitrogen and oxygen atoms in total. The van der Waals surface area contributed by atoms with Crippen LogP contribution in [0.3, 0.4) is 0 Å². The molecule has 61 heavy (non-hydrogen) atoms. The van der Waals surface area contributed by atoms with Gasteiger partial charge in [0.25, 0.3) is 0 Å². The third-order valence-corrected chi connectivity index (χ3v) is 11.4. The van der Waals surface area contributed by atoms with Crippen molar-refractivity contribution in [3.05, 3.63) is 206 Å². The van der Waals surface area contributed by atoms with Crippen molar-refractivity contribution in [1.29, 1.82) is 0 Å². The van der Waals surface area contributed by atoms with E-state index in [0.717, 1.165) is 107 Å². The quantitative estimate of drug-likeness (QED) is 0.144. The van der Waals surface area contributed by atoms with Crippen LogP contribution in [0, 0.1) is 0 Å². The summed E-state index contributed by atoms with van der Waals surface area (Å²) in [5.41, 5.74) is 14.5. The molecule has 0 saturated carbocycles. The van der Waals surface area contributed by atoms with Crippen LogP contribution in [0.2, 0.25) is 0 Å². The minimum absolute atomic E-state index is 0.653. The van der Waals surface area contributed by atoms with Crippen LogP contribution in [-0.2, 0) is 6.42 Å². The third kappa shape index (κ3) is 6.61. The molecule has 6 heteroatoms. The number of nitrogens with zero attached hydrogens (tertiary/aromatic N) is 6. The summed E-state index contributed by atoms with van der Waals surface area (Å²) in [4.78, 5) is 26.0. The number of rotatable bonds is 8. The summed E-state index contributed by atoms with van der Waals surface area (Å²) in [7, 11) is 0. The van der Waals surface area contributed by atoms with Crippen LogP contribution in [0.5, 0.6) is 0 Å². The second kappa shape index (κ2) is 15.3. The molecule has 0 atom stereocenters. The van der Waals surface area contributed by atoms with Crippen molar-refractivity contribution in [2.24, 2.45) is 0 Å². The number of hydrogen-bond donors (Lipinski definition) is 0. The van der Waals surface area contributed by atoms with E-state index in [4.69, 9.17) is 24.9 Å². The van der Waals surface area contributed by atoms with Crippen LogP contribution in [0.1, 0.15) is 12.7 Å². The van der Waals surface area contributed by atoms with Gasteiger partial charge in [-0.05, 0) is 59.0 Å². The Labute approximate surface area is 353 Å². The lowest BCUT2D eigenvalue weighted by atomic mass is 9.97. The number of pyridine rings is 2. The molecule has 0 bridgehead atoms. The van der Waals surface area contributed by atoms with E-state index in [1.807, 2.05) is 60.7 Å². The Morgan fingerprint density at radius 2 is 0.984 bits per heavy atom. The fraction of sp³-hybridized carbons (Fsp3) is 0.0364. The highest BCUT2D eigenvalue weighted by atomic mass is 15.1. The van der Waals surface area contributed by atoms with Crippen molar-refractivity contribution in [3.8, 4) is 73.4 Å². The van der Waals surface area contributed by atoms with Gasteiger partial charge >= 0.3 is 0 Å². The van der Waals surface area contributed by atoms with Crippen LogP contribution in [-0.4, -0.2) is 29.5 Å². The van der Waals surface area contributed by atoms with E-state index in [1.165, 1.54) is 5.56 Å². The molecule has 0 aliphatic heterocycles. The second-order valence-corrected chi connectivity index (χ2v) is 15.1. The molecule has 0 radical (unpaired) electrons. The Balaban J connectivity index is 0.995. The number of imidazole rings is 1. The van der Waals surface area contributed by atoms with Gasteiger partial charge in [0.05, 0.1) is 45.0 Å². The minimum atomic E-state index is 0.653. The molecule has 0 amide bonds. The van der Waals surface area contributed by atoms with E-state index < -0.39 is 0 Å². The number of aromatic nitrogens is 6. The van der Waals surface area contributed by atoms with Crippen molar-refractivity contribution in [2.75, 3.05) is 0 Å². The lowest BCUT2D eigenvalue weighted by Crippen LogP contribution is -1.99. The molecule has 4 heterocycles. The first-order valence-electron chi connectivity index (χ1n) is 20.7. The topological polar surface area (TPSA) is 69.4 Å². The average Bonchev–Trinajstić information content (AvgIpc) is 3.74. The number of hydrogen-bond acceptors (Lipinski definition) is 5. The standard InChI is InChI=1S/C55H38N6/c1-2-51-60-54-50(61(51)42-19-10-5-11-20-42)34-33-44-43-21-12-13-22-46(43)57-53(52(44)54)40-31-29-38(30-32-40)45-23-14-24-47(56-45)49-35-48(58-55(59-49)41-17-8-4-9-18-41)39-27-25-37(26-28-39)36-15-6-3-7-16-36/h3-35H,2H2,1H3. The molecule has 0 aliphatic rings. The Bertz CT molecular complexity index is 3360. The van der Waals surface area contributed by atoms with E-state index in [2.05, 4.69) is 151 Å². The maximum atomic E-state index is 5.32. The summed E-state index contributed by atoms with van der Waals surface area (Å²) in [5.74, 6) is 1.67. The van der Waals surface area contributed by atoms with Gasteiger partial charge in [0.1, 0.15) is 5.82 Å². The smallest absolute Gasteiger partial charge is 0.160 e. The summed E-state index contributed by atoms with van der Waals surface area (Å²) in [5, 5.41) is 3.30. The predicted octanol–water partition coefficient (Wildman–Crippen LogP) is 13.5. The molecule has 4 aromatic heterocycles. The normalized spacial score (nSPS) is 11.4. The van der Waals surface area contributed by atoms with Gasteiger partial charge in [0.2, 0.25) is 0 Å². The first-order chi connectivity index (χ1) is 30.2. The lowest BCUT2D eigenvalue weighted by molar-refractivity contribution is 0.908. The zero-order valence-electron chi connectivity index (χ0n) is 33.4. The first-order valence-corrected chi connectivity index (χ1v) is 20.7. The molecule has 0 aliphatic carbocycles. The van der Waals surface area contributed by atoms with Crippen molar-refractivity contribution in [1.82, 2.24) is 29.5 Å². The molecule has 288 valence electrons. The Morgan fingerprint density at radius 1 is 0.393 bits per heavy atom. The maximum Gasteiger partial charge on any atom is 0.160 e. The predicted molar refractivity (Wildman–Crippen MR) is 249 cm³/mol. The molecule has 11 rings (SSSR count). The average molecular weight is 783 g/mol. The van der Waals surface area contributed by atoms with Crippen LogP contribution in [0.25, 0.3) is 106 Å². The molecule has 0 unspecified atom stereocenters. The van der Waals surface area contributed by atoms with Gasteiger partial charge in [-0.25, -0.2) is 24.9 Å². The first kappa shape index (κ1) is 36.0. The largest absolute Gasteiger partial charge is 0.296 e. The highest BCUT2D eigenvalue weighted by molar-refractivity contribution is 6.20. The third-order valence-electron chi connectivity index (χ3n) is 11.4. The van der Waals surface area contributed by atoms with Crippen molar-refractivity contribution in [2.45, 2.75) is 13.3 Å². The van der Waals surface area contributed by atoms with Gasteiger partial charge in [-0.1, -0.05) is 165 Å². The van der Waals surface area contributed by atoms with E-state index in [1.54, 1.807) is 0 Å². The summed E-state index contributed by atoms with van der Waals surface area (Å²) in [6.45, 7) is 2.16. The zero-order valence-corrected chi connectivity index (χ0v) is 33.4. The summed E-state index contributed by atoms with van der Waals surface area (Å²) in [6.07, 6.45) is 0.800. The Hall–Kier alpha value is -8.09. The van der Waals surface area contributed by atoms with Gasteiger partial charge in [-0.15, -0.1) is 0 Å². The van der Waals surface area contributed by atoms with Crippen molar-refractivity contribution in [3.63, 3.8) is 0 Å². The minimum Gasteiger partial charge on any atom is -0.296 e. The fourth-order valence-corrected chi connectivity index (χ4v) is 8.39. The molecule has 0 spiro atoms. The molecule has 0 saturated heterocycles. The van der Waals surface area contributed by atoms with E-state index in [-0.39, 0.29) is 0 Å². The number of fused-ring (bicyclic) bond motifs is 5. The highest BCUT2D eigenvalue weighted by Gasteiger charge is 2.20. The van der Waals surface area contributed by atoms with Crippen molar-refractivity contribution >= 4 is 32.7 Å². The lowest BCUT2D eigenvalue weighted by Gasteiger charge is -2.13. The highest BCUT2D eigenvalue weighted by Crippen LogP contribution is 2.39. The van der Waals surface area contributed by atoms with Crippen molar-refractivity contribution < 1.29 is 0 Å². The van der Waals surface area contributed by atoms with E-state index in [0.29, 0.717) is 5.82 Å². The van der Waals surface area contributed by atoms with Gasteiger partial charge < -0.3 is 0 Å². The second-order valence-electron chi connectivity index (χ2n) is 15.1. The zero-order chi connectivity index (χ0) is 40.7. The van der Waals surface area contributed by atoms with Gasteiger partial charge in [0.15, 0.2) is 5.82 Å². The fourth-order valence-electron chi connectivity index (χ4n) is 8.39. The van der Waals surface area contributed by atoms with Crippen LogP contribution in [0.4, 0.5) is 0 Å². The molecule has 0 fully saturated rings. The van der Waals surface area contributed by atoms with E-state index >= 15 is 0 Å². The number of para-hydroxylation sites is 2. The number of aryl methyl sites for hydroxylation is 1. The summed E-state index contributed by atoms with van der Waals surface area (Å²) >= 11 is 0. The van der Waals surface area contributed by atoms with Crippen LogP contribution < -0.4 is 0 Å². The monoisotopic (exact) mass is 782 g/mol. The Morgan fingerprint density at radius 3 is 1.72 bits per heavy atom. The van der Waals surface area contributed by atoms with Crippen LogP contribution >= 0.6 is 0 Å². The van der Waals surface area contributed by atoms with E-state index in [9.17, 15) is 0 Å². The molecule has 11 aromatic rings. The van der Waals surface area contributed by atoms with Gasteiger partial charge in [-0.3, -0.25) is 4.57 Å². The molecular formula is C55H38N6. The summed E-state index contributed by atoms with van der Waals surface area (Å²) < 4.78 is 2.28. The van der Waals surface area contributed by atoms with Gasteiger partial charge in [0, 0.05) is 45.1 Å². The van der Waals surface area contributed by atoms with Crippen LogP contribution in [0.15, 0.2) is 200 Å². The Kier molecular flexibility index (Phi) is 9.01. The maximum absolute atomic E-state index is 5.32. The van der Waals surface area contributed by atoms with Gasteiger partial charge in [-0.2, -0.15) is 0 Å². The summed E-state index contributed by atoms with van der Waals surface area (Å²) in [6, 6.07) is 69.2. The number of benzene rings is 7.